The summed E-state index contributed by atoms with van der Waals surface area (Å²) in [6, 6.07) is 32.3. The summed E-state index contributed by atoms with van der Waals surface area (Å²) < 4.78 is 0. The van der Waals surface area contributed by atoms with E-state index >= 15 is 0 Å². The van der Waals surface area contributed by atoms with Gasteiger partial charge in [0.1, 0.15) is 11.7 Å². The standard InChI is InChI=1S/C31H24N6O.2H2/c32-29(37-27-13-6-18-34-31(27)36-26-12-4-3-11-25(26)30(37)33)21-14-16-23(17-15-21)35-28(38)19-22-9-5-8-20-7-1-2-10-24(20)22;;/h1-18,32-33H,19H2,(H,34,36)(H,35,38);2*1H. The van der Waals surface area contributed by atoms with Gasteiger partial charge in [0.25, 0.3) is 0 Å². The Kier molecular flexibility index (Phi) is 5.86. The van der Waals surface area contributed by atoms with Gasteiger partial charge in [-0.15, -0.1) is 0 Å². The minimum atomic E-state index is -0.110. The number of hydrogen-bond donors (Lipinski definition) is 4. The first-order valence-corrected chi connectivity index (χ1v) is 12.2. The van der Waals surface area contributed by atoms with Gasteiger partial charge in [-0.05, 0) is 64.9 Å². The third-order valence-electron chi connectivity index (χ3n) is 6.58. The maximum atomic E-state index is 12.8. The lowest BCUT2D eigenvalue weighted by Gasteiger charge is -2.25. The quantitative estimate of drug-likeness (QED) is 0.160. The van der Waals surface area contributed by atoms with Gasteiger partial charge in [-0.25, -0.2) is 4.98 Å². The van der Waals surface area contributed by atoms with Gasteiger partial charge in [0.15, 0.2) is 5.82 Å². The predicted molar refractivity (Wildman–Crippen MR) is 157 cm³/mol. The summed E-state index contributed by atoms with van der Waals surface area (Å²) in [5.74, 6) is 0.777. The summed E-state index contributed by atoms with van der Waals surface area (Å²) in [7, 11) is 0. The highest BCUT2D eigenvalue weighted by molar-refractivity contribution is 6.30. The second-order valence-electron chi connectivity index (χ2n) is 9.01. The number of pyridine rings is 1. The Morgan fingerprint density at radius 3 is 2.53 bits per heavy atom. The number of nitrogens with zero attached hydrogens (tertiary/aromatic N) is 2. The molecule has 6 rings (SSSR count). The third kappa shape index (κ3) is 4.26. The smallest absolute Gasteiger partial charge is 0.228 e. The molecule has 0 atom stereocenters. The number of fused-ring (bicyclic) bond motifs is 3. The number of anilines is 4. The van der Waals surface area contributed by atoms with Crippen LogP contribution >= 0.6 is 0 Å². The number of para-hydroxylation sites is 1. The lowest BCUT2D eigenvalue weighted by Crippen LogP contribution is -2.36. The van der Waals surface area contributed by atoms with Crippen LogP contribution in [0.3, 0.4) is 0 Å². The van der Waals surface area contributed by atoms with E-state index in [-0.39, 0.29) is 26.9 Å². The van der Waals surface area contributed by atoms with Gasteiger partial charge in [0, 0.05) is 25.9 Å². The Hall–Kier alpha value is -5.30. The van der Waals surface area contributed by atoms with Gasteiger partial charge in [0.05, 0.1) is 17.8 Å². The van der Waals surface area contributed by atoms with Gasteiger partial charge in [-0.2, -0.15) is 0 Å². The fourth-order valence-corrected chi connectivity index (χ4v) is 4.74. The Bertz CT molecular complexity index is 1720. The molecule has 7 heteroatoms. The van der Waals surface area contributed by atoms with Crippen molar-refractivity contribution in [2.75, 3.05) is 15.5 Å². The molecule has 0 spiro atoms. The van der Waals surface area contributed by atoms with Crippen LogP contribution in [0.15, 0.2) is 109 Å². The van der Waals surface area contributed by atoms with E-state index in [1.165, 1.54) is 0 Å². The molecule has 0 aliphatic carbocycles. The summed E-state index contributed by atoms with van der Waals surface area (Å²) in [5, 5.41) is 26.4. The van der Waals surface area contributed by atoms with Gasteiger partial charge in [-0.1, -0.05) is 54.6 Å². The van der Waals surface area contributed by atoms with E-state index in [0.717, 1.165) is 22.0 Å². The molecule has 7 nitrogen and oxygen atoms in total. The Morgan fingerprint density at radius 1 is 0.895 bits per heavy atom. The zero-order valence-electron chi connectivity index (χ0n) is 20.4. The monoisotopic (exact) mass is 500 g/mol. The van der Waals surface area contributed by atoms with Crippen molar-refractivity contribution in [1.82, 2.24) is 4.98 Å². The molecule has 5 aromatic rings. The van der Waals surface area contributed by atoms with Crippen molar-refractivity contribution in [3.63, 3.8) is 0 Å². The molecule has 188 valence electrons. The van der Waals surface area contributed by atoms with E-state index in [2.05, 4.69) is 15.6 Å². The molecular weight excluding hydrogens is 472 g/mol. The summed E-state index contributed by atoms with van der Waals surface area (Å²) in [5.41, 5.74) is 4.28. The second kappa shape index (κ2) is 9.63. The van der Waals surface area contributed by atoms with Crippen LogP contribution in [-0.4, -0.2) is 22.6 Å². The minimum absolute atomic E-state index is 0. The molecule has 1 aliphatic heterocycles. The van der Waals surface area contributed by atoms with E-state index in [1.807, 2.05) is 72.8 Å². The number of carbonyl (C=O) groups is 1. The number of carbonyl (C=O) groups excluding carboxylic acids is 1. The fourth-order valence-electron chi connectivity index (χ4n) is 4.74. The molecule has 0 fully saturated rings. The van der Waals surface area contributed by atoms with Crippen LogP contribution in [0.2, 0.25) is 0 Å². The van der Waals surface area contributed by atoms with Crippen molar-refractivity contribution >= 4 is 51.2 Å². The Balaban J connectivity index is 0.00000185. The number of rotatable bonds is 4. The molecule has 4 aromatic carbocycles. The van der Waals surface area contributed by atoms with E-state index < -0.39 is 0 Å². The Morgan fingerprint density at radius 2 is 1.66 bits per heavy atom. The molecule has 0 bridgehead atoms. The third-order valence-corrected chi connectivity index (χ3v) is 6.58. The van der Waals surface area contributed by atoms with Crippen LogP contribution in [-0.2, 0) is 11.2 Å². The zero-order chi connectivity index (χ0) is 26.1. The van der Waals surface area contributed by atoms with E-state index in [0.29, 0.717) is 28.3 Å². The predicted octanol–water partition coefficient (Wildman–Crippen LogP) is 6.82. The van der Waals surface area contributed by atoms with Crippen molar-refractivity contribution in [2.45, 2.75) is 6.42 Å². The maximum absolute atomic E-state index is 12.8. The molecule has 1 amide bonds. The highest BCUT2D eigenvalue weighted by Crippen LogP contribution is 2.35. The number of hydrogen-bond acceptors (Lipinski definition) is 5. The number of benzene rings is 4. The normalized spacial score (nSPS) is 12.2. The molecule has 1 aromatic heterocycles. The summed E-state index contributed by atoms with van der Waals surface area (Å²) in [4.78, 5) is 18.8. The molecule has 2 heterocycles. The fraction of sp³-hybridized carbons (Fsp3) is 0.0323. The van der Waals surface area contributed by atoms with E-state index in [1.54, 1.807) is 41.4 Å². The lowest BCUT2D eigenvalue weighted by molar-refractivity contribution is -0.115. The van der Waals surface area contributed by atoms with Crippen LogP contribution in [0.25, 0.3) is 10.8 Å². The molecule has 4 N–H and O–H groups in total. The number of aromatic nitrogens is 1. The van der Waals surface area contributed by atoms with Crippen molar-refractivity contribution in [3.05, 3.63) is 126 Å². The van der Waals surface area contributed by atoms with Crippen molar-refractivity contribution in [2.24, 2.45) is 0 Å². The first-order chi connectivity index (χ1) is 18.6. The van der Waals surface area contributed by atoms with Gasteiger partial charge >= 0.3 is 0 Å². The number of amides is 1. The van der Waals surface area contributed by atoms with Crippen LogP contribution in [0.1, 0.15) is 19.5 Å². The zero-order valence-corrected chi connectivity index (χ0v) is 20.4. The van der Waals surface area contributed by atoms with Crippen molar-refractivity contribution in [3.8, 4) is 0 Å². The summed E-state index contributed by atoms with van der Waals surface area (Å²) in [6.45, 7) is 0. The summed E-state index contributed by atoms with van der Waals surface area (Å²) in [6.07, 6.45) is 1.95. The molecule has 1 aliphatic rings. The van der Waals surface area contributed by atoms with Crippen LogP contribution in [0, 0.1) is 10.8 Å². The first-order valence-electron chi connectivity index (χ1n) is 12.2. The minimum Gasteiger partial charge on any atom is -0.338 e. The largest absolute Gasteiger partial charge is 0.338 e. The van der Waals surface area contributed by atoms with Gasteiger partial charge in [0.2, 0.25) is 5.91 Å². The average Bonchev–Trinajstić information content (AvgIpc) is 3.07. The van der Waals surface area contributed by atoms with Gasteiger partial charge < -0.3 is 10.6 Å². The highest BCUT2D eigenvalue weighted by atomic mass is 16.1. The van der Waals surface area contributed by atoms with Crippen LogP contribution in [0.4, 0.5) is 22.9 Å². The average molecular weight is 501 g/mol. The molecule has 0 radical (unpaired) electrons. The van der Waals surface area contributed by atoms with Gasteiger partial charge in [-0.3, -0.25) is 20.5 Å². The van der Waals surface area contributed by atoms with Crippen molar-refractivity contribution in [1.29, 1.82) is 10.8 Å². The maximum Gasteiger partial charge on any atom is 0.228 e. The summed E-state index contributed by atoms with van der Waals surface area (Å²) >= 11 is 0. The van der Waals surface area contributed by atoms with Crippen LogP contribution in [0.5, 0.6) is 0 Å². The molecule has 0 unspecified atom stereocenters. The molecule has 0 saturated heterocycles. The first kappa shape index (κ1) is 23.1. The second-order valence-corrected chi connectivity index (χ2v) is 9.01. The van der Waals surface area contributed by atoms with Crippen LogP contribution < -0.4 is 15.5 Å². The molecular formula is C31H28N6O. The molecule has 0 saturated carbocycles. The lowest BCUT2D eigenvalue weighted by atomic mass is 10.0. The Labute approximate surface area is 222 Å². The molecule has 38 heavy (non-hydrogen) atoms. The SMILES string of the molecule is N=C(c1ccc(NC(=O)Cc2cccc3ccccc23)cc1)N1C(=N)c2ccccc2Nc2ncccc21.[HH].[HH]. The van der Waals surface area contributed by atoms with E-state index in [4.69, 9.17) is 10.8 Å². The number of nitrogens with one attached hydrogen (secondary N) is 4. The number of amidine groups is 2. The van der Waals surface area contributed by atoms with Crippen molar-refractivity contribution < 1.29 is 7.65 Å². The highest BCUT2D eigenvalue weighted by Gasteiger charge is 2.28. The topological polar surface area (TPSA) is 105 Å². The van der Waals surface area contributed by atoms with E-state index in [9.17, 15) is 4.79 Å².